The van der Waals surface area contributed by atoms with Crippen LogP contribution in [0.2, 0.25) is 0 Å². The summed E-state index contributed by atoms with van der Waals surface area (Å²) in [6.07, 6.45) is 0. The van der Waals surface area contributed by atoms with E-state index in [9.17, 15) is 9.90 Å². The van der Waals surface area contributed by atoms with E-state index < -0.39 is 5.91 Å². The summed E-state index contributed by atoms with van der Waals surface area (Å²) in [5.41, 5.74) is 3.72. The number of aryl methyl sites for hydroxylation is 1. The molecule has 0 unspecified atom stereocenters. The second-order valence-corrected chi connectivity index (χ2v) is 7.24. The Morgan fingerprint density at radius 1 is 1.13 bits per heavy atom. The average molecular weight is 433 g/mol. The van der Waals surface area contributed by atoms with Crippen LogP contribution in [-0.2, 0) is 0 Å². The van der Waals surface area contributed by atoms with Gasteiger partial charge in [0.25, 0.3) is 5.91 Å². The van der Waals surface area contributed by atoms with Gasteiger partial charge in [0.15, 0.2) is 10.7 Å². The number of phenols is 1. The number of amides is 1. The van der Waals surface area contributed by atoms with Crippen molar-refractivity contribution in [1.82, 2.24) is 10.3 Å². The van der Waals surface area contributed by atoms with Crippen LogP contribution in [0.1, 0.15) is 15.9 Å². The smallest absolute Gasteiger partial charge is 0.261 e. The van der Waals surface area contributed by atoms with E-state index in [0.29, 0.717) is 39.6 Å². The number of carbonyl (C=O) groups excluding carboxylic acids is 1. The molecule has 0 aliphatic carbocycles. The van der Waals surface area contributed by atoms with E-state index in [0.717, 1.165) is 5.56 Å². The van der Waals surface area contributed by atoms with Crippen molar-refractivity contribution in [3.63, 3.8) is 0 Å². The van der Waals surface area contributed by atoms with Gasteiger partial charge in [-0.2, -0.15) is 0 Å². The van der Waals surface area contributed by atoms with Gasteiger partial charge >= 0.3 is 0 Å². The molecule has 1 amide bonds. The Kier molecular flexibility index (Phi) is 5.55. The Hall–Kier alpha value is -3.91. The molecule has 8 heteroatoms. The Labute approximate surface area is 183 Å². The van der Waals surface area contributed by atoms with E-state index in [1.54, 1.807) is 36.4 Å². The second-order valence-electron chi connectivity index (χ2n) is 6.83. The second kappa shape index (κ2) is 8.45. The largest absolute Gasteiger partial charge is 0.507 e. The third-order valence-corrected chi connectivity index (χ3v) is 4.81. The van der Waals surface area contributed by atoms with Crippen LogP contribution in [0.25, 0.3) is 22.6 Å². The Balaban J connectivity index is 1.48. The van der Waals surface area contributed by atoms with Gasteiger partial charge in [0.2, 0.25) is 5.89 Å². The van der Waals surface area contributed by atoms with E-state index >= 15 is 0 Å². The topological polar surface area (TPSA) is 96.6 Å². The number of oxazole rings is 1. The lowest BCUT2D eigenvalue weighted by Crippen LogP contribution is -2.34. The van der Waals surface area contributed by atoms with E-state index in [4.69, 9.17) is 21.4 Å². The van der Waals surface area contributed by atoms with Gasteiger partial charge in [-0.25, -0.2) is 4.98 Å². The molecule has 0 radical (unpaired) electrons. The number of benzene rings is 3. The predicted molar refractivity (Wildman–Crippen MR) is 123 cm³/mol. The number of ether oxygens (including phenoxy) is 1. The molecular weight excluding hydrogens is 414 g/mol. The first-order valence-electron chi connectivity index (χ1n) is 9.40. The molecule has 0 atom stereocenters. The maximum Gasteiger partial charge on any atom is 0.261 e. The molecule has 0 aliphatic rings. The minimum absolute atomic E-state index is 0.0351. The molecular formula is C23H19N3O4S. The van der Waals surface area contributed by atoms with Crippen LogP contribution in [0.4, 0.5) is 5.69 Å². The number of anilines is 1. The number of fused-ring (bicyclic) bond motifs is 1. The molecule has 3 N–H and O–H groups in total. The number of nitrogens with zero attached hydrogens (tertiary/aromatic N) is 1. The van der Waals surface area contributed by atoms with Crippen molar-refractivity contribution < 1.29 is 19.1 Å². The highest BCUT2D eigenvalue weighted by Crippen LogP contribution is 2.33. The maximum absolute atomic E-state index is 12.5. The number of phenolic OH excluding ortho intramolecular Hbond substituents is 1. The standard InChI is InChI=1S/C23H19N3O4S/c1-13-7-10-17-20(11-13)30-22(25-17)15-9-8-14(12-18(15)27)24-23(31)26-21(28)16-5-3-4-6-19(16)29-2/h3-12,27H,1-2H3,(H2,24,26,28,31). The van der Waals surface area contributed by atoms with Crippen molar-refractivity contribution in [2.24, 2.45) is 0 Å². The van der Waals surface area contributed by atoms with Gasteiger partial charge in [0.05, 0.1) is 18.2 Å². The quantitative estimate of drug-likeness (QED) is 0.403. The minimum Gasteiger partial charge on any atom is -0.507 e. The van der Waals surface area contributed by atoms with Crippen LogP contribution >= 0.6 is 12.2 Å². The third kappa shape index (κ3) is 4.34. The molecule has 0 aliphatic heterocycles. The highest BCUT2D eigenvalue weighted by molar-refractivity contribution is 7.80. The van der Waals surface area contributed by atoms with Gasteiger partial charge < -0.3 is 19.6 Å². The van der Waals surface area contributed by atoms with Gasteiger partial charge in [-0.3, -0.25) is 10.1 Å². The first-order chi connectivity index (χ1) is 14.9. The van der Waals surface area contributed by atoms with Crippen LogP contribution in [0, 0.1) is 6.92 Å². The van der Waals surface area contributed by atoms with Crippen LogP contribution in [0.5, 0.6) is 11.5 Å². The lowest BCUT2D eigenvalue weighted by molar-refractivity contribution is 0.0975. The van der Waals surface area contributed by atoms with Crippen molar-refractivity contribution in [3.8, 4) is 23.0 Å². The molecule has 31 heavy (non-hydrogen) atoms. The summed E-state index contributed by atoms with van der Waals surface area (Å²) in [7, 11) is 1.49. The van der Waals surface area contributed by atoms with Gasteiger partial charge in [0.1, 0.15) is 17.0 Å². The number of hydrogen-bond acceptors (Lipinski definition) is 6. The van der Waals surface area contributed by atoms with Crippen molar-refractivity contribution in [2.75, 3.05) is 12.4 Å². The number of hydrogen-bond donors (Lipinski definition) is 3. The minimum atomic E-state index is -0.405. The maximum atomic E-state index is 12.5. The Bertz CT molecular complexity index is 1300. The number of aromatic hydroxyl groups is 1. The average Bonchev–Trinajstić information content (AvgIpc) is 3.16. The summed E-state index contributed by atoms with van der Waals surface area (Å²) in [6.45, 7) is 1.97. The number of methoxy groups -OCH3 is 1. The molecule has 0 bridgehead atoms. The highest BCUT2D eigenvalue weighted by atomic mass is 32.1. The number of aromatic nitrogens is 1. The number of carbonyl (C=O) groups is 1. The summed E-state index contributed by atoms with van der Waals surface area (Å²) in [4.78, 5) is 16.9. The molecule has 0 fully saturated rings. The van der Waals surface area contributed by atoms with Crippen molar-refractivity contribution >= 4 is 40.0 Å². The third-order valence-electron chi connectivity index (χ3n) is 4.61. The molecule has 4 rings (SSSR count). The lowest BCUT2D eigenvalue weighted by atomic mass is 10.2. The number of thiocarbonyl (C=S) groups is 1. The first-order valence-corrected chi connectivity index (χ1v) is 9.81. The van der Waals surface area contributed by atoms with Crippen LogP contribution in [-0.4, -0.2) is 28.2 Å². The van der Waals surface area contributed by atoms with Gasteiger partial charge in [-0.15, -0.1) is 0 Å². The predicted octanol–water partition coefficient (Wildman–Crippen LogP) is 4.64. The summed E-state index contributed by atoms with van der Waals surface area (Å²) in [6, 6.07) is 17.4. The number of rotatable bonds is 4. The molecule has 0 spiro atoms. The van der Waals surface area contributed by atoms with E-state index in [1.165, 1.54) is 13.2 Å². The highest BCUT2D eigenvalue weighted by Gasteiger charge is 2.15. The molecule has 156 valence electrons. The molecule has 3 aromatic carbocycles. The summed E-state index contributed by atoms with van der Waals surface area (Å²) in [5.74, 6) is 0.319. The van der Waals surface area contributed by atoms with Crippen LogP contribution in [0.3, 0.4) is 0 Å². The number of nitrogens with one attached hydrogen (secondary N) is 2. The van der Waals surface area contributed by atoms with E-state index in [1.807, 2.05) is 25.1 Å². The first kappa shape index (κ1) is 20.4. The number of para-hydroxylation sites is 1. The molecule has 1 aromatic heterocycles. The van der Waals surface area contributed by atoms with Crippen LogP contribution < -0.4 is 15.4 Å². The zero-order chi connectivity index (χ0) is 22.0. The molecule has 1 heterocycles. The normalized spacial score (nSPS) is 10.6. The Morgan fingerprint density at radius 3 is 2.71 bits per heavy atom. The van der Waals surface area contributed by atoms with Crippen LogP contribution in [0.15, 0.2) is 65.1 Å². The zero-order valence-electron chi connectivity index (χ0n) is 16.8. The fourth-order valence-corrected chi connectivity index (χ4v) is 3.31. The SMILES string of the molecule is COc1ccccc1C(=O)NC(=S)Nc1ccc(-c2nc3ccc(C)cc3o2)c(O)c1. The van der Waals surface area contributed by atoms with Crippen molar-refractivity contribution in [1.29, 1.82) is 0 Å². The van der Waals surface area contributed by atoms with E-state index in [2.05, 4.69) is 15.6 Å². The molecule has 0 saturated heterocycles. The fourth-order valence-electron chi connectivity index (χ4n) is 3.10. The van der Waals surface area contributed by atoms with Gasteiger partial charge in [-0.1, -0.05) is 18.2 Å². The fraction of sp³-hybridized carbons (Fsp3) is 0.0870. The van der Waals surface area contributed by atoms with Gasteiger partial charge in [-0.05, 0) is 61.1 Å². The van der Waals surface area contributed by atoms with Gasteiger partial charge in [0, 0.05) is 11.8 Å². The Morgan fingerprint density at radius 2 is 1.94 bits per heavy atom. The van der Waals surface area contributed by atoms with Crippen molar-refractivity contribution in [3.05, 3.63) is 71.8 Å². The monoisotopic (exact) mass is 433 g/mol. The molecule has 4 aromatic rings. The summed E-state index contributed by atoms with van der Waals surface area (Å²) in [5, 5.41) is 16.0. The molecule has 7 nitrogen and oxygen atoms in total. The summed E-state index contributed by atoms with van der Waals surface area (Å²) >= 11 is 5.22. The van der Waals surface area contributed by atoms with Crippen molar-refractivity contribution in [2.45, 2.75) is 6.92 Å². The molecule has 0 saturated carbocycles. The zero-order valence-corrected chi connectivity index (χ0v) is 17.6. The lowest BCUT2D eigenvalue weighted by Gasteiger charge is -2.12. The van der Waals surface area contributed by atoms with E-state index in [-0.39, 0.29) is 10.9 Å². The summed E-state index contributed by atoms with van der Waals surface area (Å²) < 4.78 is 11.0.